The van der Waals surface area contributed by atoms with Crippen LogP contribution in [0.25, 0.3) is 0 Å². The smallest absolute Gasteiger partial charge is 0.265 e. The molecule has 0 saturated carbocycles. The van der Waals surface area contributed by atoms with Crippen molar-refractivity contribution in [3.05, 3.63) is 28.5 Å². The number of aromatic nitrogens is 4. The Balaban J connectivity index is 1.98. The van der Waals surface area contributed by atoms with Gasteiger partial charge in [-0.2, -0.15) is 5.10 Å². The Hall–Kier alpha value is -1.76. The van der Waals surface area contributed by atoms with Crippen molar-refractivity contribution in [3.8, 4) is 0 Å². The predicted molar refractivity (Wildman–Crippen MR) is 59.0 cm³/mol. The first-order valence-electron chi connectivity index (χ1n) is 4.89. The monoisotopic (exact) mass is 237 g/mol. The number of carbonyl (C=O) groups excluding carboxylic acids is 1. The SMILES string of the molecule is CCc1nnsc1C(=O)NCc1ccn[nH]1. The van der Waals surface area contributed by atoms with E-state index in [9.17, 15) is 4.79 Å². The van der Waals surface area contributed by atoms with E-state index in [0.29, 0.717) is 17.8 Å². The Labute approximate surface area is 96.2 Å². The predicted octanol–water partition coefficient (Wildman–Crippen LogP) is 0.754. The van der Waals surface area contributed by atoms with Gasteiger partial charge in [-0.25, -0.2) is 0 Å². The first-order valence-corrected chi connectivity index (χ1v) is 5.66. The summed E-state index contributed by atoms with van der Waals surface area (Å²) in [6, 6.07) is 1.81. The lowest BCUT2D eigenvalue weighted by molar-refractivity contribution is 0.0953. The quantitative estimate of drug-likeness (QED) is 0.822. The molecular formula is C9H11N5OS. The molecule has 2 rings (SSSR count). The molecule has 0 saturated heterocycles. The fourth-order valence-corrected chi connectivity index (χ4v) is 1.92. The Bertz CT molecular complexity index is 464. The van der Waals surface area contributed by atoms with E-state index in [1.54, 1.807) is 6.20 Å². The fraction of sp³-hybridized carbons (Fsp3) is 0.333. The summed E-state index contributed by atoms with van der Waals surface area (Å²) in [5.74, 6) is -0.138. The van der Waals surface area contributed by atoms with E-state index in [4.69, 9.17) is 0 Å². The zero-order chi connectivity index (χ0) is 11.4. The van der Waals surface area contributed by atoms with E-state index < -0.39 is 0 Å². The molecular weight excluding hydrogens is 226 g/mol. The van der Waals surface area contributed by atoms with Crippen molar-refractivity contribution < 1.29 is 4.79 Å². The number of H-pyrrole nitrogens is 1. The molecule has 0 spiro atoms. The van der Waals surface area contributed by atoms with Crippen molar-refractivity contribution in [2.45, 2.75) is 19.9 Å². The average molecular weight is 237 g/mol. The van der Waals surface area contributed by atoms with Crippen LogP contribution in [0, 0.1) is 0 Å². The highest BCUT2D eigenvalue weighted by Gasteiger charge is 2.14. The van der Waals surface area contributed by atoms with Gasteiger partial charge in [0.15, 0.2) is 0 Å². The van der Waals surface area contributed by atoms with E-state index in [0.717, 1.165) is 22.9 Å². The van der Waals surface area contributed by atoms with E-state index in [-0.39, 0.29) is 5.91 Å². The Morgan fingerprint density at radius 2 is 2.50 bits per heavy atom. The number of rotatable bonds is 4. The third kappa shape index (κ3) is 2.25. The lowest BCUT2D eigenvalue weighted by Gasteiger charge is -2.01. The van der Waals surface area contributed by atoms with Crippen LogP contribution in [-0.2, 0) is 13.0 Å². The second-order valence-electron chi connectivity index (χ2n) is 3.17. The number of hydrogen-bond acceptors (Lipinski definition) is 5. The number of carbonyl (C=O) groups is 1. The molecule has 84 valence electrons. The van der Waals surface area contributed by atoms with Gasteiger partial charge in [0.05, 0.1) is 17.9 Å². The number of nitrogens with zero attached hydrogens (tertiary/aromatic N) is 3. The Morgan fingerprint density at radius 3 is 3.19 bits per heavy atom. The molecule has 0 aliphatic rings. The molecule has 2 N–H and O–H groups in total. The van der Waals surface area contributed by atoms with E-state index >= 15 is 0 Å². The minimum atomic E-state index is -0.138. The zero-order valence-corrected chi connectivity index (χ0v) is 9.54. The molecule has 0 aliphatic carbocycles. The van der Waals surface area contributed by atoms with E-state index in [1.807, 2.05) is 13.0 Å². The zero-order valence-electron chi connectivity index (χ0n) is 8.73. The van der Waals surface area contributed by atoms with Crippen LogP contribution in [-0.4, -0.2) is 25.7 Å². The molecule has 16 heavy (non-hydrogen) atoms. The van der Waals surface area contributed by atoms with E-state index in [1.165, 1.54) is 0 Å². The number of hydrogen-bond donors (Lipinski definition) is 2. The van der Waals surface area contributed by atoms with Crippen molar-refractivity contribution in [1.29, 1.82) is 0 Å². The van der Waals surface area contributed by atoms with Gasteiger partial charge in [-0.15, -0.1) is 5.10 Å². The number of aryl methyl sites for hydroxylation is 1. The molecule has 2 heterocycles. The van der Waals surface area contributed by atoms with Gasteiger partial charge in [-0.1, -0.05) is 11.4 Å². The molecule has 0 bridgehead atoms. The van der Waals surface area contributed by atoms with Gasteiger partial charge in [0.25, 0.3) is 5.91 Å². The molecule has 7 heteroatoms. The van der Waals surface area contributed by atoms with Gasteiger partial charge < -0.3 is 5.32 Å². The molecule has 0 unspecified atom stereocenters. The maximum atomic E-state index is 11.8. The maximum Gasteiger partial charge on any atom is 0.265 e. The van der Waals surface area contributed by atoms with Crippen LogP contribution in [0.1, 0.15) is 28.0 Å². The average Bonchev–Trinajstić information content (AvgIpc) is 2.96. The molecule has 2 aromatic rings. The normalized spacial score (nSPS) is 10.3. The van der Waals surface area contributed by atoms with Gasteiger partial charge in [-0.05, 0) is 24.0 Å². The highest BCUT2D eigenvalue weighted by Crippen LogP contribution is 2.10. The molecule has 0 aromatic carbocycles. The van der Waals surface area contributed by atoms with Crippen molar-refractivity contribution in [2.24, 2.45) is 0 Å². The summed E-state index contributed by atoms with van der Waals surface area (Å²) in [4.78, 5) is 12.4. The second-order valence-corrected chi connectivity index (χ2v) is 3.92. The third-order valence-electron chi connectivity index (χ3n) is 2.09. The highest BCUT2D eigenvalue weighted by molar-refractivity contribution is 7.08. The fourth-order valence-electron chi connectivity index (χ4n) is 1.25. The largest absolute Gasteiger partial charge is 0.346 e. The van der Waals surface area contributed by atoms with Crippen LogP contribution >= 0.6 is 11.5 Å². The summed E-state index contributed by atoms with van der Waals surface area (Å²) in [6.45, 7) is 2.38. The van der Waals surface area contributed by atoms with Crippen LogP contribution in [0.2, 0.25) is 0 Å². The van der Waals surface area contributed by atoms with Gasteiger partial charge in [0.1, 0.15) is 4.88 Å². The number of amides is 1. The summed E-state index contributed by atoms with van der Waals surface area (Å²) in [5.41, 5.74) is 1.61. The Morgan fingerprint density at radius 1 is 1.62 bits per heavy atom. The van der Waals surface area contributed by atoms with Crippen LogP contribution in [0.15, 0.2) is 12.3 Å². The standard InChI is InChI=1S/C9H11N5OS/c1-2-7-8(16-14-13-7)9(15)10-5-6-3-4-11-12-6/h3-4H,2,5H2,1H3,(H,10,15)(H,11,12). The lowest BCUT2D eigenvalue weighted by atomic mass is 10.3. The van der Waals surface area contributed by atoms with Crippen molar-refractivity contribution in [1.82, 2.24) is 25.1 Å². The molecule has 1 amide bonds. The molecule has 0 atom stereocenters. The minimum absolute atomic E-state index is 0.138. The molecule has 0 aliphatic heterocycles. The molecule has 2 aromatic heterocycles. The van der Waals surface area contributed by atoms with Gasteiger partial charge in [0, 0.05) is 6.20 Å². The molecule has 0 fully saturated rings. The molecule has 6 nitrogen and oxygen atoms in total. The van der Waals surface area contributed by atoms with Crippen LogP contribution in [0.3, 0.4) is 0 Å². The van der Waals surface area contributed by atoms with Gasteiger partial charge in [-0.3, -0.25) is 9.89 Å². The van der Waals surface area contributed by atoms with E-state index in [2.05, 4.69) is 25.1 Å². The van der Waals surface area contributed by atoms with Crippen molar-refractivity contribution in [3.63, 3.8) is 0 Å². The topological polar surface area (TPSA) is 83.6 Å². The van der Waals surface area contributed by atoms with Gasteiger partial charge >= 0.3 is 0 Å². The van der Waals surface area contributed by atoms with Crippen LogP contribution in [0.4, 0.5) is 0 Å². The van der Waals surface area contributed by atoms with Crippen molar-refractivity contribution >= 4 is 17.4 Å². The maximum absolute atomic E-state index is 11.8. The summed E-state index contributed by atoms with van der Waals surface area (Å²) in [6.07, 6.45) is 2.36. The summed E-state index contributed by atoms with van der Waals surface area (Å²) < 4.78 is 3.77. The van der Waals surface area contributed by atoms with Gasteiger partial charge in [0.2, 0.25) is 0 Å². The summed E-state index contributed by atoms with van der Waals surface area (Å²) >= 11 is 1.12. The number of aromatic amines is 1. The molecule has 0 radical (unpaired) electrons. The number of nitrogens with one attached hydrogen (secondary N) is 2. The Kier molecular flexibility index (Phi) is 3.25. The lowest BCUT2D eigenvalue weighted by Crippen LogP contribution is -2.23. The van der Waals surface area contributed by atoms with Crippen molar-refractivity contribution in [2.75, 3.05) is 0 Å². The minimum Gasteiger partial charge on any atom is -0.346 e. The first kappa shape index (κ1) is 10.7. The highest BCUT2D eigenvalue weighted by atomic mass is 32.1. The van der Waals surface area contributed by atoms with Crippen LogP contribution < -0.4 is 5.32 Å². The summed E-state index contributed by atoms with van der Waals surface area (Å²) in [7, 11) is 0. The first-order chi connectivity index (χ1) is 7.81. The second kappa shape index (κ2) is 4.84. The van der Waals surface area contributed by atoms with Crippen LogP contribution in [0.5, 0.6) is 0 Å². The third-order valence-corrected chi connectivity index (χ3v) is 2.86. The summed E-state index contributed by atoms with van der Waals surface area (Å²) in [5, 5.41) is 13.2.